The minimum absolute atomic E-state index is 0.0290. The van der Waals surface area contributed by atoms with Gasteiger partial charge in [-0.3, -0.25) is 4.72 Å². The van der Waals surface area contributed by atoms with Crippen molar-refractivity contribution >= 4 is 23.9 Å². The molecule has 1 atom stereocenters. The average molecular weight is 615 g/mol. The highest BCUT2D eigenvalue weighted by molar-refractivity contribution is 8.00. The summed E-state index contributed by atoms with van der Waals surface area (Å²) in [5.74, 6) is -1.37. The monoisotopic (exact) mass is 614 g/mol. The number of benzene rings is 2. The Morgan fingerprint density at radius 2 is 1.79 bits per heavy atom. The van der Waals surface area contributed by atoms with E-state index in [1.807, 2.05) is 0 Å². The Morgan fingerprint density at radius 1 is 1.12 bits per heavy atom. The van der Waals surface area contributed by atoms with E-state index >= 15 is 0 Å². The number of aromatic nitrogens is 2. The lowest BCUT2D eigenvalue weighted by molar-refractivity contribution is -0.139. The number of hydrogen-bond acceptors (Lipinski definition) is 7. The summed E-state index contributed by atoms with van der Waals surface area (Å²) in [6.45, 7) is 7.69. The second-order valence-corrected chi connectivity index (χ2v) is 13.2. The number of nitrogens with zero attached hydrogens (tertiary/aromatic N) is 2. The summed E-state index contributed by atoms with van der Waals surface area (Å²) >= 11 is 1.01. The number of halogens is 3. The summed E-state index contributed by atoms with van der Waals surface area (Å²) in [5, 5.41) is 13.0. The van der Waals surface area contributed by atoms with Crippen LogP contribution in [0.5, 0.6) is 5.88 Å². The Hall–Kier alpha value is -3.31. The minimum Gasteiger partial charge on any atom is -0.478 e. The van der Waals surface area contributed by atoms with Crippen LogP contribution in [0.15, 0.2) is 47.4 Å². The van der Waals surface area contributed by atoms with Crippen LogP contribution in [0.4, 0.5) is 19.1 Å². The van der Waals surface area contributed by atoms with Crippen LogP contribution in [0.25, 0.3) is 11.3 Å². The van der Waals surface area contributed by atoms with E-state index in [4.69, 9.17) is 4.74 Å². The molecule has 2 aliphatic rings. The second-order valence-electron chi connectivity index (χ2n) is 12.3. The lowest BCUT2D eigenvalue weighted by atomic mass is 9.76. The summed E-state index contributed by atoms with van der Waals surface area (Å²) in [7, 11) is 0. The molecule has 0 radical (unpaired) electrons. The molecule has 2 aromatic carbocycles. The van der Waals surface area contributed by atoms with Crippen molar-refractivity contribution in [2.24, 2.45) is 11.3 Å². The van der Waals surface area contributed by atoms with Gasteiger partial charge in [-0.1, -0.05) is 38.1 Å². The van der Waals surface area contributed by atoms with Gasteiger partial charge in [-0.25, -0.2) is 9.78 Å². The quantitative estimate of drug-likeness (QED) is 0.177. The van der Waals surface area contributed by atoms with Gasteiger partial charge in [0.05, 0.1) is 11.3 Å². The van der Waals surface area contributed by atoms with E-state index in [9.17, 15) is 23.1 Å². The largest absolute Gasteiger partial charge is 0.478 e. The Labute approximate surface area is 254 Å². The highest BCUT2D eigenvalue weighted by atomic mass is 32.2. The molecule has 7 nitrogen and oxygen atoms in total. The summed E-state index contributed by atoms with van der Waals surface area (Å²) in [6.07, 6.45) is 0.709. The van der Waals surface area contributed by atoms with Crippen molar-refractivity contribution < 1.29 is 27.8 Å². The molecular weight excluding hydrogens is 577 g/mol. The van der Waals surface area contributed by atoms with Crippen molar-refractivity contribution in [2.75, 3.05) is 11.3 Å². The molecule has 0 saturated heterocycles. The van der Waals surface area contributed by atoms with Crippen molar-refractivity contribution in [3.8, 4) is 17.1 Å². The lowest BCUT2D eigenvalue weighted by Gasteiger charge is -2.39. The number of aromatic carboxylic acids is 1. The molecule has 1 heterocycles. The molecular formula is C32H37F3N4O3S. The molecule has 0 aliphatic heterocycles. The fraction of sp³-hybridized carbons (Fsp3) is 0.469. The van der Waals surface area contributed by atoms with Crippen LogP contribution < -0.4 is 14.8 Å². The molecule has 3 N–H and O–H groups in total. The third-order valence-electron chi connectivity index (χ3n) is 8.18. The van der Waals surface area contributed by atoms with Crippen LogP contribution in [-0.2, 0) is 6.18 Å². The summed E-state index contributed by atoms with van der Waals surface area (Å²) in [6, 6.07) is 11.7. The molecule has 1 unspecified atom stereocenters. The Morgan fingerprint density at radius 3 is 2.40 bits per heavy atom. The highest BCUT2D eigenvalue weighted by Gasteiger charge is 2.53. The van der Waals surface area contributed by atoms with E-state index in [1.165, 1.54) is 25.0 Å². The Kier molecular flexibility index (Phi) is 8.94. The first kappa shape index (κ1) is 31.1. The molecule has 11 heteroatoms. The fourth-order valence-corrected chi connectivity index (χ4v) is 6.60. The van der Waals surface area contributed by atoms with Crippen molar-refractivity contribution in [2.45, 2.75) is 83.0 Å². The van der Waals surface area contributed by atoms with Gasteiger partial charge in [0.2, 0.25) is 11.8 Å². The van der Waals surface area contributed by atoms with Crippen LogP contribution in [0.2, 0.25) is 0 Å². The van der Waals surface area contributed by atoms with Gasteiger partial charge in [-0.2, -0.15) is 18.2 Å². The zero-order chi connectivity index (χ0) is 30.9. The zero-order valence-electron chi connectivity index (χ0n) is 24.7. The van der Waals surface area contributed by atoms with Gasteiger partial charge in [0, 0.05) is 22.5 Å². The van der Waals surface area contributed by atoms with E-state index in [0.717, 1.165) is 31.2 Å². The Balaban J connectivity index is 1.49. The van der Waals surface area contributed by atoms with Crippen LogP contribution in [0.1, 0.15) is 73.0 Å². The van der Waals surface area contributed by atoms with Gasteiger partial charge in [0.25, 0.3) is 0 Å². The first-order valence-corrected chi connectivity index (χ1v) is 15.4. The molecule has 3 aromatic rings. The van der Waals surface area contributed by atoms with E-state index < -0.39 is 23.6 Å². The maximum atomic E-state index is 14.8. The van der Waals surface area contributed by atoms with Gasteiger partial charge in [0.1, 0.15) is 12.2 Å². The SMILES string of the molecule is Cc1cccc(C)c1-c1nc(NSc2cccc(C(=O)O)c2)nc(OCC(CC(C)C)NC2CC3(CC3)C2)c1C(F)(F)F. The first-order chi connectivity index (χ1) is 20.3. The minimum atomic E-state index is -4.78. The van der Waals surface area contributed by atoms with E-state index in [0.29, 0.717) is 39.0 Å². The van der Waals surface area contributed by atoms with E-state index in [-0.39, 0.29) is 29.9 Å². The summed E-state index contributed by atoms with van der Waals surface area (Å²) < 4.78 is 53.3. The molecule has 2 saturated carbocycles. The van der Waals surface area contributed by atoms with Gasteiger partial charge < -0.3 is 15.2 Å². The Bertz CT molecular complexity index is 1460. The van der Waals surface area contributed by atoms with Crippen LogP contribution in [0, 0.1) is 25.2 Å². The van der Waals surface area contributed by atoms with Crippen molar-refractivity contribution in [3.63, 3.8) is 0 Å². The standard InChI is InChI=1S/C32H37F3N4O3S/c1-18(2)13-22(36-23-15-31(16-23)11-12-31)17-42-28-26(32(33,34)35)27(25-19(3)7-5-8-20(25)4)37-30(38-28)39-43-24-10-6-9-21(14-24)29(40)41/h5-10,14,18,22-23,36H,11-13,15-17H2,1-4H3,(H,40,41)(H,37,38,39). The van der Waals surface area contributed by atoms with Crippen LogP contribution in [0.3, 0.4) is 0 Å². The molecule has 1 spiro atoms. The molecule has 5 rings (SSSR count). The number of carboxylic acids is 1. The number of nitrogens with one attached hydrogen (secondary N) is 2. The number of hydrogen-bond donors (Lipinski definition) is 3. The normalized spacial score (nSPS) is 16.7. The number of ether oxygens (including phenoxy) is 1. The van der Waals surface area contributed by atoms with Crippen LogP contribution >= 0.6 is 11.9 Å². The van der Waals surface area contributed by atoms with E-state index in [1.54, 1.807) is 44.2 Å². The molecule has 2 aliphatic carbocycles. The van der Waals surface area contributed by atoms with Gasteiger partial charge in [-0.05, 0) is 98.6 Å². The second kappa shape index (κ2) is 12.4. The number of aryl methyl sites for hydroxylation is 2. The fourth-order valence-electron chi connectivity index (χ4n) is 5.97. The maximum Gasteiger partial charge on any atom is 0.423 e. The highest BCUT2D eigenvalue weighted by Crippen LogP contribution is 2.60. The topological polar surface area (TPSA) is 96.4 Å². The van der Waals surface area contributed by atoms with Crippen molar-refractivity contribution in [1.82, 2.24) is 15.3 Å². The van der Waals surface area contributed by atoms with Gasteiger partial charge in [0.15, 0.2) is 0 Å². The number of anilines is 1. The van der Waals surface area contributed by atoms with Crippen molar-refractivity contribution in [1.29, 1.82) is 0 Å². The maximum absolute atomic E-state index is 14.8. The van der Waals surface area contributed by atoms with E-state index in [2.05, 4.69) is 33.9 Å². The first-order valence-electron chi connectivity index (χ1n) is 14.5. The molecule has 0 bridgehead atoms. The molecule has 2 fully saturated rings. The van der Waals surface area contributed by atoms with Crippen LogP contribution in [-0.4, -0.2) is 39.7 Å². The van der Waals surface area contributed by atoms with Crippen molar-refractivity contribution in [3.05, 3.63) is 64.7 Å². The molecule has 43 heavy (non-hydrogen) atoms. The number of rotatable bonds is 12. The summed E-state index contributed by atoms with van der Waals surface area (Å²) in [4.78, 5) is 20.5. The number of carboxylic acid groups (broad SMARTS) is 1. The molecule has 0 amide bonds. The predicted molar refractivity (Wildman–Crippen MR) is 161 cm³/mol. The molecule has 1 aromatic heterocycles. The van der Waals surface area contributed by atoms with Gasteiger partial charge in [-0.15, -0.1) is 0 Å². The number of alkyl halides is 3. The lowest BCUT2D eigenvalue weighted by Crippen LogP contribution is -2.49. The summed E-state index contributed by atoms with van der Waals surface area (Å²) in [5.41, 5.74) is 0.949. The smallest absolute Gasteiger partial charge is 0.423 e. The third kappa shape index (κ3) is 7.44. The van der Waals surface area contributed by atoms with Gasteiger partial charge >= 0.3 is 12.1 Å². The average Bonchev–Trinajstić information content (AvgIpc) is 3.70. The zero-order valence-corrected chi connectivity index (χ0v) is 25.5. The number of carbonyl (C=O) groups is 1. The third-order valence-corrected chi connectivity index (χ3v) is 8.96. The molecule has 230 valence electrons. The predicted octanol–water partition coefficient (Wildman–Crippen LogP) is 7.92.